The van der Waals surface area contributed by atoms with Gasteiger partial charge in [-0.3, -0.25) is 4.99 Å². The number of hydrogen-bond donors (Lipinski definition) is 1. The molecule has 1 atom stereocenters. The van der Waals surface area contributed by atoms with Gasteiger partial charge in [0, 0.05) is 11.8 Å². The molecule has 0 fully saturated rings. The van der Waals surface area contributed by atoms with Gasteiger partial charge in [-0.2, -0.15) is 0 Å². The number of benzene rings is 1. The van der Waals surface area contributed by atoms with Crippen LogP contribution in [-0.2, 0) is 9.84 Å². The maximum absolute atomic E-state index is 11.0. The molecule has 0 radical (unpaired) electrons. The Kier molecular flexibility index (Phi) is 4.06. The molecule has 0 bridgehead atoms. The summed E-state index contributed by atoms with van der Waals surface area (Å²) in [7, 11) is -3.01. The highest BCUT2D eigenvalue weighted by Gasteiger charge is 2.09. The predicted octanol–water partition coefficient (Wildman–Crippen LogP) is 0.825. The van der Waals surface area contributed by atoms with E-state index in [4.69, 9.17) is 5.73 Å². The Balaban J connectivity index is 2.78. The summed E-state index contributed by atoms with van der Waals surface area (Å²) >= 11 is 0. The molecule has 88 valence electrons. The number of nitrogens with zero attached hydrogens (tertiary/aromatic N) is 1. The molecule has 1 aromatic rings. The molecule has 1 unspecified atom stereocenters. The second kappa shape index (κ2) is 5.12. The van der Waals surface area contributed by atoms with E-state index in [1.807, 2.05) is 30.3 Å². The average molecular weight is 240 g/mol. The van der Waals surface area contributed by atoms with E-state index in [0.717, 1.165) is 5.56 Å². The van der Waals surface area contributed by atoms with Crippen molar-refractivity contribution in [1.82, 2.24) is 0 Å². The van der Waals surface area contributed by atoms with E-state index in [-0.39, 0.29) is 11.8 Å². The molecule has 1 rings (SSSR count). The zero-order valence-electron chi connectivity index (χ0n) is 9.42. The molecular weight excluding hydrogens is 224 g/mol. The number of sulfone groups is 1. The number of rotatable bonds is 4. The van der Waals surface area contributed by atoms with Crippen molar-refractivity contribution in [3.8, 4) is 0 Å². The van der Waals surface area contributed by atoms with Crippen molar-refractivity contribution in [2.24, 2.45) is 10.7 Å². The van der Waals surface area contributed by atoms with Crippen LogP contribution in [0.15, 0.2) is 35.3 Å². The van der Waals surface area contributed by atoms with Crippen molar-refractivity contribution in [3.63, 3.8) is 0 Å². The van der Waals surface area contributed by atoms with Crippen LogP contribution in [0.3, 0.4) is 0 Å². The first-order chi connectivity index (χ1) is 7.38. The number of amidine groups is 1. The first-order valence-corrected chi connectivity index (χ1v) is 7.01. The van der Waals surface area contributed by atoms with E-state index < -0.39 is 9.84 Å². The molecule has 0 amide bonds. The van der Waals surface area contributed by atoms with E-state index in [1.165, 1.54) is 6.26 Å². The molecule has 0 aliphatic carbocycles. The van der Waals surface area contributed by atoms with Gasteiger partial charge < -0.3 is 5.73 Å². The van der Waals surface area contributed by atoms with Crippen LogP contribution < -0.4 is 5.73 Å². The lowest BCUT2D eigenvalue weighted by Gasteiger charge is -2.07. The normalized spacial score (nSPS) is 14.8. The zero-order chi connectivity index (χ0) is 12.2. The van der Waals surface area contributed by atoms with Crippen LogP contribution >= 0.6 is 0 Å². The lowest BCUT2D eigenvalue weighted by atomic mass is 10.2. The second-order valence-corrected chi connectivity index (χ2v) is 6.01. The third-order valence-corrected chi connectivity index (χ3v) is 3.06. The van der Waals surface area contributed by atoms with Gasteiger partial charge in [0.25, 0.3) is 0 Å². The highest BCUT2D eigenvalue weighted by molar-refractivity contribution is 7.90. The lowest BCUT2D eigenvalue weighted by molar-refractivity contribution is 0.596. The predicted molar refractivity (Wildman–Crippen MR) is 66.3 cm³/mol. The first-order valence-electron chi connectivity index (χ1n) is 4.95. The largest absolute Gasteiger partial charge is 0.383 e. The van der Waals surface area contributed by atoms with Crippen molar-refractivity contribution in [1.29, 1.82) is 0 Å². The molecular formula is C11H16N2O2S. The molecule has 2 N–H and O–H groups in total. The third-order valence-electron chi connectivity index (χ3n) is 1.97. The van der Waals surface area contributed by atoms with E-state index in [9.17, 15) is 8.42 Å². The lowest BCUT2D eigenvalue weighted by Crippen LogP contribution is -2.21. The van der Waals surface area contributed by atoms with Crippen LogP contribution in [0, 0.1) is 0 Å². The average Bonchev–Trinajstić information content (AvgIpc) is 2.16. The summed E-state index contributed by atoms with van der Waals surface area (Å²) in [6.45, 7) is 1.73. The molecule has 16 heavy (non-hydrogen) atoms. The summed E-state index contributed by atoms with van der Waals surface area (Å²) in [5, 5.41) is 0. The number of aliphatic imine (C=N–C) groups is 1. The maximum Gasteiger partial charge on any atom is 0.149 e. The van der Waals surface area contributed by atoms with Crippen LogP contribution in [0.25, 0.3) is 0 Å². The second-order valence-electron chi connectivity index (χ2n) is 3.82. The monoisotopic (exact) mass is 240 g/mol. The summed E-state index contributed by atoms with van der Waals surface area (Å²) in [5.74, 6) is 0.386. The molecule has 0 saturated carbocycles. The fourth-order valence-corrected chi connectivity index (χ4v) is 2.35. The van der Waals surface area contributed by atoms with E-state index >= 15 is 0 Å². The molecule has 1 aromatic carbocycles. The standard InChI is InChI=1S/C11H16N2O2S/c1-9(8-16(2,14)15)13-11(12)10-6-4-3-5-7-10/h3-7,9H,8H2,1-2H3,(H2,12,13). The molecule has 0 saturated heterocycles. The summed E-state index contributed by atoms with van der Waals surface area (Å²) in [6.07, 6.45) is 1.19. The summed E-state index contributed by atoms with van der Waals surface area (Å²) < 4.78 is 22.1. The molecule has 0 aliphatic heterocycles. The van der Waals surface area contributed by atoms with Gasteiger partial charge in [0.05, 0.1) is 11.8 Å². The minimum absolute atomic E-state index is 0.0144. The van der Waals surface area contributed by atoms with Crippen LogP contribution in [-0.4, -0.2) is 32.3 Å². The van der Waals surface area contributed by atoms with Gasteiger partial charge in [0.1, 0.15) is 15.7 Å². The SMILES string of the molecule is CC(CS(C)(=O)=O)N=C(N)c1ccccc1. The summed E-state index contributed by atoms with van der Waals surface area (Å²) in [5.41, 5.74) is 6.58. The van der Waals surface area contributed by atoms with E-state index in [1.54, 1.807) is 6.92 Å². The maximum atomic E-state index is 11.0. The molecule has 0 aliphatic rings. The van der Waals surface area contributed by atoms with Crippen molar-refractivity contribution in [3.05, 3.63) is 35.9 Å². The molecule has 5 heteroatoms. The number of hydrogen-bond acceptors (Lipinski definition) is 3. The quantitative estimate of drug-likeness (QED) is 0.625. The Hall–Kier alpha value is -1.36. The Morgan fingerprint density at radius 1 is 1.38 bits per heavy atom. The fourth-order valence-electron chi connectivity index (χ4n) is 1.40. The van der Waals surface area contributed by atoms with Gasteiger partial charge in [-0.15, -0.1) is 0 Å². The first kappa shape index (κ1) is 12.7. The van der Waals surface area contributed by atoms with Crippen LogP contribution in [0.2, 0.25) is 0 Å². The Labute approximate surface area is 96.1 Å². The molecule has 0 heterocycles. The van der Waals surface area contributed by atoms with Gasteiger partial charge >= 0.3 is 0 Å². The molecule has 4 nitrogen and oxygen atoms in total. The van der Waals surface area contributed by atoms with Crippen LogP contribution in [0.4, 0.5) is 0 Å². The Bertz CT molecular complexity index is 466. The Morgan fingerprint density at radius 2 is 1.94 bits per heavy atom. The summed E-state index contributed by atoms with van der Waals surface area (Å²) in [6, 6.07) is 8.96. The smallest absolute Gasteiger partial charge is 0.149 e. The van der Waals surface area contributed by atoms with Crippen molar-refractivity contribution >= 4 is 15.7 Å². The van der Waals surface area contributed by atoms with Gasteiger partial charge in [-0.1, -0.05) is 30.3 Å². The van der Waals surface area contributed by atoms with Gasteiger partial charge in [0.15, 0.2) is 0 Å². The van der Waals surface area contributed by atoms with E-state index in [2.05, 4.69) is 4.99 Å². The Morgan fingerprint density at radius 3 is 2.44 bits per heavy atom. The van der Waals surface area contributed by atoms with Crippen LogP contribution in [0.5, 0.6) is 0 Å². The van der Waals surface area contributed by atoms with Crippen molar-refractivity contribution < 1.29 is 8.42 Å². The van der Waals surface area contributed by atoms with Crippen molar-refractivity contribution in [2.75, 3.05) is 12.0 Å². The number of nitrogens with two attached hydrogens (primary N) is 1. The third kappa shape index (κ3) is 4.44. The zero-order valence-corrected chi connectivity index (χ0v) is 10.2. The van der Waals surface area contributed by atoms with Crippen molar-refractivity contribution in [2.45, 2.75) is 13.0 Å². The summed E-state index contributed by atoms with van der Waals surface area (Å²) in [4.78, 5) is 4.15. The van der Waals surface area contributed by atoms with Gasteiger partial charge in [0.2, 0.25) is 0 Å². The van der Waals surface area contributed by atoms with Crippen LogP contribution in [0.1, 0.15) is 12.5 Å². The fraction of sp³-hybridized carbons (Fsp3) is 0.364. The van der Waals surface area contributed by atoms with E-state index in [0.29, 0.717) is 5.84 Å². The van der Waals surface area contributed by atoms with Gasteiger partial charge in [-0.05, 0) is 6.92 Å². The highest BCUT2D eigenvalue weighted by Crippen LogP contribution is 2.01. The molecule has 0 aromatic heterocycles. The minimum Gasteiger partial charge on any atom is -0.383 e. The molecule has 0 spiro atoms. The topological polar surface area (TPSA) is 72.5 Å². The van der Waals surface area contributed by atoms with Gasteiger partial charge in [-0.25, -0.2) is 8.42 Å². The minimum atomic E-state index is -3.01. The highest BCUT2D eigenvalue weighted by atomic mass is 32.2.